The van der Waals surface area contributed by atoms with Crippen LogP contribution in [0.1, 0.15) is 65.2 Å². The lowest BCUT2D eigenvalue weighted by Gasteiger charge is -2.26. The van der Waals surface area contributed by atoms with Crippen molar-refractivity contribution in [1.82, 2.24) is 15.5 Å². The van der Waals surface area contributed by atoms with Crippen molar-refractivity contribution in [2.75, 3.05) is 11.3 Å². The van der Waals surface area contributed by atoms with Crippen molar-refractivity contribution in [2.45, 2.75) is 63.1 Å². The Morgan fingerprint density at radius 2 is 1.92 bits per heavy atom. The maximum atomic E-state index is 13.1. The summed E-state index contributed by atoms with van der Waals surface area (Å²) >= 11 is 1.17. The molecule has 1 aliphatic carbocycles. The number of aromatic nitrogens is 2. The van der Waals surface area contributed by atoms with Crippen LogP contribution in [0.4, 0.5) is 18.3 Å². The summed E-state index contributed by atoms with van der Waals surface area (Å²) in [5.41, 5.74) is 0.836. The van der Waals surface area contributed by atoms with Crippen molar-refractivity contribution in [3.05, 3.63) is 63.7 Å². The summed E-state index contributed by atoms with van der Waals surface area (Å²) in [6, 6.07) is 7.29. The third-order valence-electron chi connectivity index (χ3n) is 6.06. The summed E-state index contributed by atoms with van der Waals surface area (Å²) in [5.74, 6) is -0.583. The molecule has 8 nitrogen and oxygen atoms in total. The SMILES string of the molecule is CCOc1cc(C(F)(F)F)ccc1C(=O)N[C@H]1CCc2ccc(S(=O)(=O)Nc3nnc(C(C)C)s3)cc2C1. The van der Waals surface area contributed by atoms with Crippen LogP contribution in [0.2, 0.25) is 0 Å². The van der Waals surface area contributed by atoms with Gasteiger partial charge in [-0.05, 0) is 67.6 Å². The van der Waals surface area contributed by atoms with Gasteiger partial charge in [-0.1, -0.05) is 31.3 Å². The molecule has 0 saturated heterocycles. The molecule has 0 radical (unpaired) electrons. The number of ether oxygens (including phenoxy) is 1. The van der Waals surface area contributed by atoms with E-state index < -0.39 is 27.7 Å². The predicted molar refractivity (Wildman–Crippen MR) is 137 cm³/mol. The molecule has 204 valence electrons. The molecule has 2 N–H and O–H groups in total. The standard InChI is InChI=1S/C25H27F3N4O4S2/c1-4-36-21-13-17(25(26,27)28)7-10-20(21)22(33)29-18-8-5-15-6-9-19(12-16(15)11-18)38(34,35)32-24-31-30-23(37-24)14(2)3/h6-7,9-10,12-14,18H,4-5,8,11H2,1-3H3,(H,29,33)(H,31,32)/t18-/m0/s1. The Balaban J connectivity index is 1.49. The molecule has 1 amide bonds. The highest BCUT2D eigenvalue weighted by Crippen LogP contribution is 2.34. The largest absolute Gasteiger partial charge is 0.493 e. The molecule has 0 saturated carbocycles. The van der Waals surface area contributed by atoms with Crippen LogP contribution in [0, 0.1) is 0 Å². The van der Waals surface area contributed by atoms with E-state index in [0.29, 0.717) is 24.3 Å². The Morgan fingerprint density at radius 1 is 1.16 bits per heavy atom. The minimum atomic E-state index is -4.56. The molecule has 0 bridgehead atoms. The Morgan fingerprint density at radius 3 is 2.58 bits per heavy atom. The van der Waals surface area contributed by atoms with Gasteiger partial charge in [-0.15, -0.1) is 10.2 Å². The first-order chi connectivity index (χ1) is 17.9. The fourth-order valence-electron chi connectivity index (χ4n) is 4.13. The van der Waals surface area contributed by atoms with Gasteiger partial charge in [-0.3, -0.25) is 9.52 Å². The molecule has 4 rings (SSSR count). The van der Waals surface area contributed by atoms with E-state index in [0.717, 1.165) is 29.3 Å². The van der Waals surface area contributed by atoms with Gasteiger partial charge in [0.15, 0.2) is 0 Å². The molecule has 3 aromatic rings. The van der Waals surface area contributed by atoms with E-state index in [4.69, 9.17) is 4.74 Å². The van der Waals surface area contributed by atoms with E-state index in [1.165, 1.54) is 17.4 Å². The van der Waals surface area contributed by atoms with Crippen molar-refractivity contribution in [3.8, 4) is 5.75 Å². The monoisotopic (exact) mass is 568 g/mol. The first-order valence-corrected chi connectivity index (χ1v) is 14.3. The molecule has 13 heteroatoms. The number of hydrogen-bond donors (Lipinski definition) is 2. The summed E-state index contributed by atoms with van der Waals surface area (Å²) < 4.78 is 73.1. The molecule has 2 aromatic carbocycles. The van der Waals surface area contributed by atoms with Gasteiger partial charge in [-0.2, -0.15) is 13.2 Å². The van der Waals surface area contributed by atoms with Crippen molar-refractivity contribution < 1.29 is 31.1 Å². The highest BCUT2D eigenvalue weighted by molar-refractivity contribution is 7.93. The van der Waals surface area contributed by atoms with Crippen LogP contribution in [0.3, 0.4) is 0 Å². The van der Waals surface area contributed by atoms with Gasteiger partial charge in [0.05, 0.1) is 22.6 Å². The summed E-state index contributed by atoms with van der Waals surface area (Å²) in [6.07, 6.45) is -3.00. The number of sulfonamides is 1. The molecule has 0 spiro atoms. The van der Waals surface area contributed by atoms with Gasteiger partial charge in [0.1, 0.15) is 10.8 Å². The molecule has 1 aromatic heterocycles. The smallest absolute Gasteiger partial charge is 0.416 e. The number of nitrogens with zero attached hydrogens (tertiary/aromatic N) is 2. The van der Waals surface area contributed by atoms with Crippen molar-refractivity contribution in [2.24, 2.45) is 0 Å². The molecular formula is C25H27F3N4O4S2. The fourth-order valence-corrected chi connectivity index (χ4v) is 6.16. The van der Waals surface area contributed by atoms with Crippen LogP contribution in [0.15, 0.2) is 41.3 Å². The second kappa shape index (κ2) is 10.9. The Hall–Kier alpha value is -3.19. The lowest BCUT2D eigenvalue weighted by Crippen LogP contribution is -2.39. The molecule has 0 fully saturated rings. The number of hydrogen-bond acceptors (Lipinski definition) is 7. The van der Waals surface area contributed by atoms with E-state index in [1.54, 1.807) is 19.1 Å². The first-order valence-electron chi connectivity index (χ1n) is 12.0. The summed E-state index contributed by atoms with van der Waals surface area (Å²) in [7, 11) is -3.91. The zero-order valence-corrected chi connectivity index (χ0v) is 22.6. The highest BCUT2D eigenvalue weighted by atomic mass is 32.2. The summed E-state index contributed by atoms with van der Waals surface area (Å²) in [6.45, 7) is 5.59. The van der Waals surface area contributed by atoms with Gasteiger partial charge in [0.25, 0.3) is 15.9 Å². The van der Waals surface area contributed by atoms with E-state index in [2.05, 4.69) is 20.2 Å². The second-order valence-electron chi connectivity index (χ2n) is 9.19. The summed E-state index contributed by atoms with van der Waals surface area (Å²) in [5, 5.41) is 11.7. The van der Waals surface area contributed by atoms with E-state index in [1.807, 2.05) is 13.8 Å². The zero-order chi connectivity index (χ0) is 27.7. The lowest BCUT2D eigenvalue weighted by molar-refractivity contribution is -0.137. The fraction of sp³-hybridized carbons (Fsp3) is 0.400. The second-order valence-corrected chi connectivity index (χ2v) is 11.9. The summed E-state index contributed by atoms with van der Waals surface area (Å²) in [4.78, 5) is 13.0. The van der Waals surface area contributed by atoms with Crippen LogP contribution in [0.25, 0.3) is 0 Å². The van der Waals surface area contributed by atoms with Crippen molar-refractivity contribution >= 4 is 32.4 Å². The van der Waals surface area contributed by atoms with E-state index in [9.17, 15) is 26.4 Å². The number of anilines is 1. The molecule has 1 atom stereocenters. The average molecular weight is 569 g/mol. The number of fused-ring (bicyclic) bond motifs is 1. The van der Waals surface area contributed by atoms with Crippen molar-refractivity contribution in [3.63, 3.8) is 0 Å². The predicted octanol–water partition coefficient (Wildman–Crippen LogP) is 5.17. The minimum Gasteiger partial charge on any atom is -0.493 e. The number of rotatable bonds is 8. The van der Waals surface area contributed by atoms with E-state index in [-0.39, 0.29) is 39.9 Å². The number of alkyl halides is 3. The van der Waals surface area contributed by atoms with Crippen molar-refractivity contribution in [1.29, 1.82) is 0 Å². The third-order valence-corrected chi connectivity index (χ3v) is 8.67. The molecule has 0 aliphatic heterocycles. The highest BCUT2D eigenvalue weighted by Gasteiger charge is 2.32. The zero-order valence-electron chi connectivity index (χ0n) is 20.9. The Labute approximate surface area is 222 Å². The molecule has 38 heavy (non-hydrogen) atoms. The number of carbonyl (C=O) groups excluding carboxylic acids is 1. The van der Waals surface area contributed by atoms with Gasteiger partial charge < -0.3 is 10.1 Å². The topological polar surface area (TPSA) is 110 Å². The molecule has 1 aliphatic rings. The maximum Gasteiger partial charge on any atom is 0.416 e. The molecular weight excluding hydrogens is 541 g/mol. The number of benzene rings is 2. The Kier molecular flexibility index (Phi) is 7.98. The first kappa shape index (κ1) is 27.8. The van der Waals surface area contributed by atoms with Crippen LogP contribution < -0.4 is 14.8 Å². The number of halogens is 3. The van der Waals surface area contributed by atoms with Crippen LogP contribution in [0.5, 0.6) is 5.75 Å². The number of aryl methyl sites for hydroxylation is 1. The van der Waals surface area contributed by atoms with Gasteiger partial charge in [-0.25, -0.2) is 8.42 Å². The van der Waals surface area contributed by atoms with Crippen LogP contribution >= 0.6 is 11.3 Å². The van der Waals surface area contributed by atoms with E-state index >= 15 is 0 Å². The maximum absolute atomic E-state index is 13.1. The van der Waals surface area contributed by atoms with Crippen LogP contribution in [-0.4, -0.2) is 37.2 Å². The number of carbonyl (C=O) groups is 1. The number of nitrogens with one attached hydrogen (secondary N) is 2. The number of amides is 1. The average Bonchev–Trinajstić information content (AvgIpc) is 3.31. The van der Waals surface area contributed by atoms with Gasteiger partial charge >= 0.3 is 6.18 Å². The third kappa shape index (κ3) is 6.26. The Bertz CT molecular complexity index is 1440. The molecule has 1 heterocycles. The van der Waals surface area contributed by atoms with Crippen LogP contribution in [-0.2, 0) is 29.0 Å². The lowest BCUT2D eigenvalue weighted by atomic mass is 9.88. The normalized spacial score (nSPS) is 15.7. The van der Waals surface area contributed by atoms with Gasteiger partial charge in [0.2, 0.25) is 5.13 Å². The minimum absolute atomic E-state index is 0.00370. The molecule has 0 unspecified atom stereocenters. The van der Waals surface area contributed by atoms with Gasteiger partial charge in [0, 0.05) is 12.0 Å². The quantitative estimate of drug-likeness (QED) is 0.388.